The highest BCUT2D eigenvalue weighted by molar-refractivity contribution is 9.10. The van der Waals surface area contributed by atoms with Crippen molar-refractivity contribution in [2.75, 3.05) is 19.8 Å². The Morgan fingerprint density at radius 1 is 1.53 bits per heavy atom. The van der Waals surface area contributed by atoms with Gasteiger partial charge in [-0.3, -0.25) is 4.79 Å². The van der Waals surface area contributed by atoms with Gasteiger partial charge in [-0.25, -0.2) is 0 Å². The minimum Gasteiger partial charge on any atom is -0.377 e. The summed E-state index contributed by atoms with van der Waals surface area (Å²) in [6, 6.07) is 5.91. The van der Waals surface area contributed by atoms with Crippen LogP contribution < -0.4 is 0 Å². The Balaban J connectivity index is 2.24. The average Bonchev–Trinajstić information content (AvgIpc) is 2.29. The van der Waals surface area contributed by atoms with Crippen LogP contribution in [-0.2, 0) is 4.74 Å². The van der Waals surface area contributed by atoms with Crippen molar-refractivity contribution in [3.8, 4) is 0 Å². The molecule has 1 atom stereocenters. The zero-order chi connectivity index (χ0) is 12.4. The fourth-order valence-corrected chi connectivity index (χ4v) is 2.53. The summed E-state index contributed by atoms with van der Waals surface area (Å²) in [6.07, 6.45) is 0. The summed E-state index contributed by atoms with van der Waals surface area (Å²) in [6.45, 7) is 5.91. The Bertz CT molecular complexity index is 433. The lowest BCUT2D eigenvalue weighted by Crippen LogP contribution is -2.47. The third kappa shape index (κ3) is 2.69. The first kappa shape index (κ1) is 12.6. The molecule has 1 aliphatic rings. The molecule has 0 spiro atoms. The Morgan fingerprint density at radius 2 is 2.29 bits per heavy atom. The van der Waals surface area contributed by atoms with Crippen molar-refractivity contribution in [3.63, 3.8) is 0 Å². The Hall–Kier alpha value is -0.870. The predicted octanol–water partition coefficient (Wildman–Crippen LogP) is 2.62. The molecule has 0 radical (unpaired) electrons. The molecule has 1 amide bonds. The summed E-state index contributed by atoms with van der Waals surface area (Å²) in [4.78, 5) is 14.3. The molecular weight excluding hydrogens is 282 g/mol. The van der Waals surface area contributed by atoms with Gasteiger partial charge in [0.05, 0.1) is 19.3 Å². The monoisotopic (exact) mass is 297 g/mol. The number of ether oxygens (including phenoxy) is 1. The SMILES string of the molecule is Cc1cc(Br)ccc1C(=O)N1CCOCC1C. The number of morpholine rings is 1. The van der Waals surface area contributed by atoms with Crippen LogP contribution in [0.4, 0.5) is 0 Å². The van der Waals surface area contributed by atoms with Gasteiger partial charge in [0.2, 0.25) is 0 Å². The van der Waals surface area contributed by atoms with Crippen LogP contribution in [-0.4, -0.2) is 36.6 Å². The van der Waals surface area contributed by atoms with Crippen molar-refractivity contribution in [1.82, 2.24) is 4.90 Å². The molecule has 1 saturated heterocycles. The highest BCUT2D eigenvalue weighted by atomic mass is 79.9. The lowest BCUT2D eigenvalue weighted by atomic mass is 10.1. The molecule has 1 fully saturated rings. The van der Waals surface area contributed by atoms with E-state index in [1.165, 1.54) is 0 Å². The molecule has 3 nitrogen and oxygen atoms in total. The summed E-state index contributed by atoms with van der Waals surface area (Å²) in [5.74, 6) is 0.103. The third-order valence-electron chi connectivity index (χ3n) is 3.05. The Kier molecular flexibility index (Phi) is 3.84. The molecule has 4 heteroatoms. The number of carbonyl (C=O) groups is 1. The molecule has 1 heterocycles. The van der Waals surface area contributed by atoms with Gasteiger partial charge in [0.15, 0.2) is 0 Å². The lowest BCUT2D eigenvalue weighted by Gasteiger charge is -2.33. The van der Waals surface area contributed by atoms with Crippen LogP contribution in [0.2, 0.25) is 0 Å². The first-order valence-corrected chi connectivity index (χ1v) is 6.54. The van der Waals surface area contributed by atoms with Crippen LogP contribution in [0.3, 0.4) is 0 Å². The number of rotatable bonds is 1. The minimum absolute atomic E-state index is 0.103. The van der Waals surface area contributed by atoms with Crippen molar-refractivity contribution >= 4 is 21.8 Å². The van der Waals surface area contributed by atoms with Gasteiger partial charge in [-0.2, -0.15) is 0 Å². The maximum absolute atomic E-state index is 12.4. The van der Waals surface area contributed by atoms with Gasteiger partial charge in [0.25, 0.3) is 5.91 Å². The standard InChI is InChI=1S/C13H16BrNO2/c1-9-7-11(14)3-4-12(9)13(16)15-5-6-17-8-10(15)2/h3-4,7,10H,5-6,8H2,1-2H3. The molecule has 92 valence electrons. The average molecular weight is 298 g/mol. The molecule has 1 unspecified atom stereocenters. The first-order chi connectivity index (χ1) is 8.09. The molecule has 0 N–H and O–H groups in total. The second-order valence-electron chi connectivity index (χ2n) is 4.38. The zero-order valence-electron chi connectivity index (χ0n) is 10.1. The van der Waals surface area contributed by atoms with E-state index in [0.29, 0.717) is 19.8 Å². The van der Waals surface area contributed by atoms with Gasteiger partial charge in [0, 0.05) is 16.6 Å². The molecule has 2 rings (SSSR count). The molecular formula is C13H16BrNO2. The molecule has 1 aliphatic heterocycles. The van der Waals surface area contributed by atoms with Gasteiger partial charge < -0.3 is 9.64 Å². The first-order valence-electron chi connectivity index (χ1n) is 5.74. The summed E-state index contributed by atoms with van der Waals surface area (Å²) >= 11 is 3.41. The summed E-state index contributed by atoms with van der Waals surface area (Å²) in [7, 11) is 0. The van der Waals surface area contributed by atoms with E-state index in [-0.39, 0.29) is 11.9 Å². The highest BCUT2D eigenvalue weighted by Crippen LogP contribution is 2.19. The number of amides is 1. The third-order valence-corrected chi connectivity index (χ3v) is 3.54. The molecule has 1 aromatic carbocycles. The van der Waals surface area contributed by atoms with Crippen LogP contribution >= 0.6 is 15.9 Å². The Morgan fingerprint density at radius 3 is 2.94 bits per heavy atom. The number of aryl methyl sites for hydroxylation is 1. The molecule has 0 bridgehead atoms. The smallest absolute Gasteiger partial charge is 0.254 e. The normalized spacial score (nSPS) is 20.4. The Labute approximate surface area is 110 Å². The summed E-state index contributed by atoms with van der Waals surface area (Å²) in [5.41, 5.74) is 1.78. The van der Waals surface area contributed by atoms with E-state index in [9.17, 15) is 4.79 Å². The van der Waals surface area contributed by atoms with Gasteiger partial charge >= 0.3 is 0 Å². The zero-order valence-corrected chi connectivity index (χ0v) is 11.7. The quantitative estimate of drug-likeness (QED) is 0.797. The van der Waals surface area contributed by atoms with Crippen molar-refractivity contribution in [2.45, 2.75) is 19.9 Å². The minimum atomic E-state index is 0.103. The number of nitrogens with zero attached hydrogens (tertiary/aromatic N) is 1. The van der Waals surface area contributed by atoms with Crippen molar-refractivity contribution in [1.29, 1.82) is 0 Å². The van der Waals surface area contributed by atoms with Gasteiger partial charge in [-0.05, 0) is 37.6 Å². The van der Waals surface area contributed by atoms with Crippen LogP contribution in [0.25, 0.3) is 0 Å². The second kappa shape index (κ2) is 5.19. The van der Waals surface area contributed by atoms with Crippen LogP contribution in [0.15, 0.2) is 22.7 Å². The molecule has 0 aliphatic carbocycles. The number of hydrogen-bond acceptors (Lipinski definition) is 2. The summed E-state index contributed by atoms with van der Waals surface area (Å²) < 4.78 is 6.35. The number of halogens is 1. The fourth-order valence-electron chi connectivity index (χ4n) is 2.05. The van der Waals surface area contributed by atoms with E-state index in [4.69, 9.17) is 4.74 Å². The molecule has 1 aromatic rings. The van der Waals surface area contributed by atoms with Gasteiger partial charge in [-0.1, -0.05) is 15.9 Å². The van der Waals surface area contributed by atoms with Gasteiger partial charge in [-0.15, -0.1) is 0 Å². The number of hydrogen-bond donors (Lipinski definition) is 0. The molecule has 0 aromatic heterocycles. The maximum atomic E-state index is 12.4. The molecule has 0 saturated carbocycles. The van der Waals surface area contributed by atoms with E-state index < -0.39 is 0 Å². The highest BCUT2D eigenvalue weighted by Gasteiger charge is 2.25. The van der Waals surface area contributed by atoms with Crippen molar-refractivity contribution in [3.05, 3.63) is 33.8 Å². The van der Waals surface area contributed by atoms with E-state index in [1.54, 1.807) is 0 Å². The number of benzene rings is 1. The fraction of sp³-hybridized carbons (Fsp3) is 0.462. The van der Waals surface area contributed by atoms with Crippen molar-refractivity contribution < 1.29 is 9.53 Å². The van der Waals surface area contributed by atoms with Crippen molar-refractivity contribution in [2.24, 2.45) is 0 Å². The van der Waals surface area contributed by atoms with Gasteiger partial charge in [0.1, 0.15) is 0 Å². The van der Waals surface area contributed by atoms with E-state index in [1.807, 2.05) is 36.9 Å². The summed E-state index contributed by atoms with van der Waals surface area (Å²) in [5, 5.41) is 0. The van der Waals surface area contributed by atoms with Crippen LogP contribution in [0.5, 0.6) is 0 Å². The maximum Gasteiger partial charge on any atom is 0.254 e. The van der Waals surface area contributed by atoms with E-state index in [0.717, 1.165) is 15.6 Å². The van der Waals surface area contributed by atoms with Crippen LogP contribution in [0, 0.1) is 6.92 Å². The van der Waals surface area contributed by atoms with Crippen LogP contribution in [0.1, 0.15) is 22.8 Å². The second-order valence-corrected chi connectivity index (χ2v) is 5.30. The molecule has 17 heavy (non-hydrogen) atoms. The van der Waals surface area contributed by atoms with E-state index in [2.05, 4.69) is 15.9 Å². The predicted molar refractivity (Wildman–Crippen MR) is 70.2 cm³/mol. The number of carbonyl (C=O) groups excluding carboxylic acids is 1. The topological polar surface area (TPSA) is 29.5 Å². The largest absolute Gasteiger partial charge is 0.377 e. The lowest BCUT2D eigenvalue weighted by molar-refractivity contribution is 0.00355. The van der Waals surface area contributed by atoms with E-state index >= 15 is 0 Å².